The first-order valence-electron chi connectivity index (χ1n) is 7.01. The Morgan fingerprint density at radius 3 is 2.50 bits per heavy atom. The van der Waals surface area contributed by atoms with E-state index in [0.717, 1.165) is 22.7 Å². The highest BCUT2D eigenvalue weighted by atomic mass is 16.6. The molecule has 0 bridgehead atoms. The van der Waals surface area contributed by atoms with E-state index in [2.05, 4.69) is 5.32 Å². The van der Waals surface area contributed by atoms with Crippen LogP contribution in [0.4, 0.5) is 11.4 Å². The van der Waals surface area contributed by atoms with Crippen molar-refractivity contribution in [3.63, 3.8) is 0 Å². The number of esters is 1. The summed E-state index contributed by atoms with van der Waals surface area (Å²) in [6.07, 6.45) is -0.466. The van der Waals surface area contributed by atoms with Gasteiger partial charge in [-0.3, -0.25) is 0 Å². The Morgan fingerprint density at radius 1 is 1.14 bits per heavy atom. The van der Waals surface area contributed by atoms with Crippen LogP contribution >= 0.6 is 0 Å². The van der Waals surface area contributed by atoms with E-state index >= 15 is 0 Å². The minimum Gasteiger partial charge on any atom is -0.497 e. The van der Waals surface area contributed by atoms with E-state index in [1.165, 1.54) is 0 Å². The van der Waals surface area contributed by atoms with E-state index < -0.39 is 6.23 Å². The summed E-state index contributed by atoms with van der Waals surface area (Å²) in [6, 6.07) is 13.2. The Morgan fingerprint density at radius 2 is 1.86 bits per heavy atom. The summed E-state index contributed by atoms with van der Waals surface area (Å²) >= 11 is 0. The molecule has 1 aliphatic rings. The van der Waals surface area contributed by atoms with Crippen molar-refractivity contribution in [2.24, 2.45) is 0 Å². The standard InChI is InChI=1S/C17H18N2O3/c1-19(2)12-6-9-14-15(10-12)17(20)22-16(14)18-11-4-7-13(21-3)8-5-11/h4-10,16,18H,1-3H3. The first-order chi connectivity index (χ1) is 10.6. The van der Waals surface area contributed by atoms with Gasteiger partial charge in [0.25, 0.3) is 0 Å². The van der Waals surface area contributed by atoms with Gasteiger partial charge in [0.15, 0.2) is 0 Å². The summed E-state index contributed by atoms with van der Waals surface area (Å²) in [5.74, 6) is 0.481. The number of ether oxygens (including phenoxy) is 2. The zero-order valence-electron chi connectivity index (χ0n) is 12.8. The molecule has 0 aromatic heterocycles. The second kappa shape index (κ2) is 5.60. The minimum absolute atomic E-state index is 0.301. The molecular formula is C17H18N2O3. The zero-order valence-corrected chi connectivity index (χ0v) is 12.8. The number of carbonyl (C=O) groups is 1. The van der Waals surface area contributed by atoms with Gasteiger partial charge in [0, 0.05) is 31.0 Å². The maximum absolute atomic E-state index is 12.0. The SMILES string of the molecule is COc1ccc(NC2OC(=O)c3cc(N(C)C)ccc32)cc1. The minimum atomic E-state index is -0.466. The second-order valence-corrected chi connectivity index (χ2v) is 5.32. The molecular weight excluding hydrogens is 280 g/mol. The van der Waals surface area contributed by atoms with E-state index in [1.807, 2.05) is 61.5 Å². The molecule has 1 aliphatic heterocycles. The maximum Gasteiger partial charge on any atom is 0.340 e. The molecule has 2 aromatic rings. The fourth-order valence-corrected chi connectivity index (χ4v) is 2.41. The molecule has 0 saturated carbocycles. The zero-order chi connectivity index (χ0) is 15.7. The molecule has 1 N–H and O–H groups in total. The average Bonchev–Trinajstić information content (AvgIpc) is 2.84. The van der Waals surface area contributed by atoms with E-state index in [1.54, 1.807) is 7.11 Å². The van der Waals surface area contributed by atoms with Crippen LogP contribution in [0.25, 0.3) is 0 Å². The Bertz CT molecular complexity index is 696. The maximum atomic E-state index is 12.0. The topological polar surface area (TPSA) is 50.8 Å². The van der Waals surface area contributed by atoms with Crippen LogP contribution in [0.3, 0.4) is 0 Å². The molecule has 114 valence electrons. The monoisotopic (exact) mass is 298 g/mol. The summed E-state index contributed by atoms with van der Waals surface area (Å²) < 4.78 is 10.6. The lowest BCUT2D eigenvalue weighted by atomic mass is 10.1. The van der Waals surface area contributed by atoms with E-state index in [-0.39, 0.29) is 5.97 Å². The predicted molar refractivity (Wildman–Crippen MR) is 85.5 cm³/mol. The van der Waals surface area contributed by atoms with Gasteiger partial charge in [-0.1, -0.05) is 6.07 Å². The molecule has 0 spiro atoms. The summed E-state index contributed by atoms with van der Waals surface area (Å²) in [5.41, 5.74) is 3.30. The predicted octanol–water partition coefficient (Wildman–Crippen LogP) is 3.04. The van der Waals surface area contributed by atoms with Crippen molar-refractivity contribution in [2.75, 3.05) is 31.4 Å². The number of nitrogens with zero attached hydrogens (tertiary/aromatic N) is 1. The number of rotatable bonds is 4. The third-order valence-corrected chi connectivity index (χ3v) is 3.67. The fourth-order valence-electron chi connectivity index (χ4n) is 2.41. The molecule has 0 amide bonds. The molecule has 3 rings (SSSR count). The number of carbonyl (C=O) groups excluding carboxylic acids is 1. The number of hydrogen-bond donors (Lipinski definition) is 1. The van der Waals surface area contributed by atoms with Crippen LogP contribution in [0.1, 0.15) is 22.1 Å². The van der Waals surface area contributed by atoms with Crippen molar-refractivity contribution in [1.82, 2.24) is 0 Å². The summed E-state index contributed by atoms with van der Waals surface area (Å²) in [4.78, 5) is 14.0. The van der Waals surface area contributed by atoms with E-state index in [4.69, 9.17) is 9.47 Å². The second-order valence-electron chi connectivity index (χ2n) is 5.32. The van der Waals surface area contributed by atoms with Crippen molar-refractivity contribution >= 4 is 17.3 Å². The number of methoxy groups -OCH3 is 1. The molecule has 5 heteroatoms. The van der Waals surface area contributed by atoms with Crippen LogP contribution in [-0.4, -0.2) is 27.2 Å². The van der Waals surface area contributed by atoms with Crippen molar-refractivity contribution in [2.45, 2.75) is 6.23 Å². The number of fused-ring (bicyclic) bond motifs is 1. The van der Waals surface area contributed by atoms with Crippen molar-refractivity contribution in [3.05, 3.63) is 53.6 Å². The fraction of sp³-hybridized carbons (Fsp3) is 0.235. The van der Waals surface area contributed by atoms with Crippen LogP contribution < -0.4 is 15.0 Å². The third kappa shape index (κ3) is 2.57. The lowest BCUT2D eigenvalue weighted by molar-refractivity contribution is 0.0437. The number of benzene rings is 2. The van der Waals surface area contributed by atoms with Gasteiger partial charge in [-0.25, -0.2) is 4.79 Å². The molecule has 22 heavy (non-hydrogen) atoms. The Labute approximate surface area is 129 Å². The Kier molecular flexibility index (Phi) is 3.63. The van der Waals surface area contributed by atoms with Crippen LogP contribution in [0.5, 0.6) is 5.75 Å². The Hall–Kier alpha value is -2.69. The van der Waals surface area contributed by atoms with Gasteiger partial charge in [-0.2, -0.15) is 0 Å². The first-order valence-corrected chi connectivity index (χ1v) is 7.01. The molecule has 1 heterocycles. The van der Waals surface area contributed by atoms with Crippen LogP contribution in [0.15, 0.2) is 42.5 Å². The van der Waals surface area contributed by atoms with Crippen LogP contribution in [-0.2, 0) is 4.74 Å². The van der Waals surface area contributed by atoms with Crippen molar-refractivity contribution in [1.29, 1.82) is 0 Å². The Balaban J connectivity index is 1.84. The van der Waals surface area contributed by atoms with Gasteiger partial charge >= 0.3 is 5.97 Å². The number of anilines is 2. The molecule has 2 aromatic carbocycles. The highest BCUT2D eigenvalue weighted by molar-refractivity contribution is 5.95. The summed E-state index contributed by atoms with van der Waals surface area (Å²) in [6.45, 7) is 0. The average molecular weight is 298 g/mol. The lowest BCUT2D eigenvalue weighted by Crippen LogP contribution is -2.10. The molecule has 0 radical (unpaired) electrons. The van der Waals surface area contributed by atoms with Crippen LogP contribution in [0.2, 0.25) is 0 Å². The number of nitrogens with one attached hydrogen (secondary N) is 1. The van der Waals surface area contributed by atoms with Gasteiger partial charge in [0.2, 0.25) is 6.23 Å². The number of hydrogen-bond acceptors (Lipinski definition) is 5. The largest absolute Gasteiger partial charge is 0.497 e. The van der Waals surface area contributed by atoms with Crippen LogP contribution in [0, 0.1) is 0 Å². The molecule has 0 saturated heterocycles. The van der Waals surface area contributed by atoms with Gasteiger partial charge < -0.3 is 19.7 Å². The first kappa shape index (κ1) is 14.3. The molecule has 0 aliphatic carbocycles. The van der Waals surface area contributed by atoms with Crippen molar-refractivity contribution in [3.8, 4) is 5.75 Å². The van der Waals surface area contributed by atoms with E-state index in [9.17, 15) is 4.79 Å². The van der Waals surface area contributed by atoms with Gasteiger partial charge in [-0.15, -0.1) is 0 Å². The molecule has 1 atom stereocenters. The summed E-state index contributed by atoms with van der Waals surface area (Å²) in [7, 11) is 5.50. The van der Waals surface area contributed by atoms with Gasteiger partial charge in [0.05, 0.1) is 12.7 Å². The quantitative estimate of drug-likeness (QED) is 0.879. The van der Waals surface area contributed by atoms with E-state index in [0.29, 0.717) is 5.56 Å². The van der Waals surface area contributed by atoms with Gasteiger partial charge in [0.1, 0.15) is 5.75 Å². The smallest absolute Gasteiger partial charge is 0.340 e. The summed E-state index contributed by atoms with van der Waals surface area (Å²) in [5, 5.41) is 3.22. The highest BCUT2D eigenvalue weighted by Gasteiger charge is 2.31. The molecule has 0 fully saturated rings. The van der Waals surface area contributed by atoms with Crippen molar-refractivity contribution < 1.29 is 14.3 Å². The third-order valence-electron chi connectivity index (χ3n) is 3.67. The normalized spacial score (nSPS) is 16.0. The molecule has 5 nitrogen and oxygen atoms in total. The van der Waals surface area contributed by atoms with Gasteiger partial charge in [-0.05, 0) is 36.4 Å². The number of cyclic esters (lactones) is 1. The highest BCUT2D eigenvalue weighted by Crippen LogP contribution is 2.34. The molecule has 1 unspecified atom stereocenters. The lowest BCUT2D eigenvalue weighted by Gasteiger charge is -2.16.